The Labute approximate surface area is 115 Å². The van der Waals surface area contributed by atoms with E-state index in [0.717, 1.165) is 6.07 Å². The van der Waals surface area contributed by atoms with Crippen LogP contribution < -0.4 is 4.74 Å². The Morgan fingerprint density at radius 3 is 2.74 bits per heavy atom. The summed E-state index contributed by atoms with van der Waals surface area (Å²) >= 11 is 5.77. The van der Waals surface area contributed by atoms with Crippen LogP contribution in [0.3, 0.4) is 0 Å². The van der Waals surface area contributed by atoms with Gasteiger partial charge in [-0.2, -0.15) is 0 Å². The van der Waals surface area contributed by atoms with E-state index < -0.39 is 11.8 Å². The minimum absolute atomic E-state index is 0.00686. The third kappa shape index (κ3) is 5.70. The van der Waals surface area contributed by atoms with Gasteiger partial charge < -0.3 is 9.47 Å². The molecule has 0 bridgehead atoms. The second kappa shape index (κ2) is 7.74. The van der Waals surface area contributed by atoms with Crippen molar-refractivity contribution in [3.05, 3.63) is 29.0 Å². The molecule has 0 aliphatic rings. The first-order valence-corrected chi connectivity index (χ1v) is 6.16. The van der Waals surface area contributed by atoms with E-state index in [1.165, 1.54) is 12.1 Å². The molecule has 19 heavy (non-hydrogen) atoms. The van der Waals surface area contributed by atoms with Crippen molar-refractivity contribution in [1.29, 1.82) is 0 Å². The third-order valence-electron chi connectivity index (χ3n) is 2.20. The maximum atomic E-state index is 12.9. The lowest BCUT2D eigenvalue weighted by atomic mass is 10.2. The summed E-state index contributed by atoms with van der Waals surface area (Å²) in [6.45, 7) is 1.71. The number of ketones is 1. The maximum Gasteiger partial charge on any atom is 0.306 e. The molecule has 0 aromatic heterocycles. The highest BCUT2D eigenvalue weighted by Gasteiger charge is 2.10. The van der Waals surface area contributed by atoms with E-state index >= 15 is 0 Å². The fraction of sp³-hybridized carbons (Fsp3) is 0.385. The molecule has 0 unspecified atom stereocenters. The van der Waals surface area contributed by atoms with Crippen molar-refractivity contribution in [3.8, 4) is 5.75 Å². The Balaban J connectivity index is 2.38. The Hall–Kier alpha value is -1.62. The lowest BCUT2D eigenvalue weighted by Gasteiger charge is -2.07. The Bertz CT molecular complexity index is 462. The fourth-order valence-electron chi connectivity index (χ4n) is 1.29. The van der Waals surface area contributed by atoms with E-state index in [1.54, 1.807) is 6.92 Å². The molecule has 4 nitrogen and oxygen atoms in total. The second-order valence-corrected chi connectivity index (χ2v) is 4.11. The summed E-state index contributed by atoms with van der Waals surface area (Å²) in [5.41, 5.74) is 0. The second-order valence-electron chi connectivity index (χ2n) is 3.71. The smallest absolute Gasteiger partial charge is 0.306 e. The summed E-state index contributed by atoms with van der Waals surface area (Å²) < 4.78 is 22.7. The molecule has 0 radical (unpaired) electrons. The molecule has 6 heteroatoms. The van der Waals surface area contributed by atoms with Crippen LogP contribution in [0.5, 0.6) is 5.75 Å². The van der Waals surface area contributed by atoms with Gasteiger partial charge in [0.1, 0.15) is 18.2 Å². The molecule has 0 amide bonds. The third-order valence-corrected chi connectivity index (χ3v) is 2.51. The van der Waals surface area contributed by atoms with Crippen molar-refractivity contribution in [1.82, 2.24) is 0 Å². The van der Waals surface area contributed by atoms with E-state index in [9.17, 15) is 14.0 Å². The number of ether oxygens (including phenoxy) is 2. The van der Waals surface area contributed by atoms with Crippen LogP contribution in [0.1, 0.15) is 19.8 Å². The average Bonchev–Trinajstić information content (AvgIpc) is 2.38. The molecule has 0 saturated heterocycles. The standard InChI is InChI=1S/C13H14ClFO4/c1-2-18-13(17)6-4-10(16)8-19-12-7-9(15)3-5-11(12)14/h3,5,7H,2,4,6,8H2,1H3. The normalized spacial score (nSPS) is 10.1. The van der Waals surface area contributed by atoms with Crippen molar-refractivity contribution >= 4 is 23.4 Å². The van der Waals surface area contributed by atoms with E-state index in [2.05, 4.69) is 4.74 Å². The molecule has 0 atom stereocenters. The predicted octanol–water partition coefficient (Wildman–Crippen LogP) is 2.77. The summed E-state index contributed by atoms with van der Waals surface area (Å²) in [6.07, 6.45) is 0.0265. The molecule has 104 valence electrons. The monoisotopic (exact) mass is 288 g/mol. The van der Waals surface area contributed by atoms with Crippen molar-refractivity contribution in [3.63, 3.8) is 0 Å². The van der Waals surface area contributed by atoms with Gasteiger partial charge in [-0.05, 0) is 19.1 Å². The van der Waals surface area contributed by atoms with Crippen molar-refractivity contribution in [2.24, 2.45) is 0 Å². The molecule has 0 aliphatic carbocycles. The molecule has 1 rings (SSSR count). The first-order valence-electron chi connectivity index (χ1n) is 5.78. The molecular weight excluding hydrogens is 275 g/mol. The molecule has 0 fully saturated rings. The maximum absolute atomic E-state index is 12.9. The van der Waals surface area contributed by atoms with Gasteiger partial charge in [-0.25, -0.2) is 4.39 Å². The van der Waals surface area contributed by atoms with Gasteiger partial charge in [0, 0.05) is 12.5 Å². The van der Waals surface area contributed by atoms with Gasteiger partial charge in [0.25, 0.3) is 0 Å². The van der Waals surface area contributed by atoms with Crippen molar-refractivity contribution < 1.29 is 23.5 Å². The van der Waals surface area contributed by atoms with Crippen LogP contribution >= 0.6 is 11.6 Å². The van der Waals surface area contributed by atoms with Crippen LogP contribution in [0, 0.1) is 5.82 Å². The number of rotatable bonds is 7. The largest absolute Gasteiger partial charge is 0.484 e. The highest BCUT2D eigenvalue weighted by Crippen LogP contribution is 2.24. The topological polar surface area (TPSA) is 52.6 Å². The summed E-state index contributed by atoms with van der Waals surface area (Å²) in [5.74, 6) is -1.11. The minimum Gasteiger partial charge on any atom is -0.484 e. The Morgan fingerprint density at radius 2 is 2.05 bits per heavy atom. The van der Waals surface area contributed by atoms with Crippen LogP contribution in [0.4, 0.5) is 4.39 Å². The predicted molar refractivity (Wildman–Crippen MR) is 67.8 cm³/mol. The van der Waals surface area contributed by atoms with E-state index in [4.69, 9.17) is 16.3 Å². The quantitative estimate of drug-likeness (QED) is 0.724. The zero-order valence-electron chi connectivity index (χ0n) is 10.4. The van der Waals surface area contributed by atoms with Crippen LogP contribution in [-0.4, -0.2) is 25.0 Å². The first-order chi connectivity index (χ1) is 9.02. The molecule has 0 N–H and O–H groups in total. The number of hydrogen-bond acceptors (Lipinski definition) is 4. The fourth-order valence-corrected chi connectivity index (χ4v) is 1.46. The molecule has 0 aliphatic heterocycles. The lowest BCUT2D eigenvalue weighted by Crippen LogP contribution is -2.14. The first kappa shape index (κ1) is 15.4. The number of hydrogen-bond donors (Lipinski definition) is 0. The van der Waals surface area contributed by atoms with Crippen LogP contribution in [-0.2, 0) is 14.3 Å². The van der Waals surface area contributed by atoms with Gasteiger partial charge in [0.2, 0.25) is 0 Å². The van der Waals surface area contributed by atoms with Gasteiger partial charge in [-0.15, -0.1) is 0 Å². The lowest BCUT2D eigenvalue weighted by molar-refractivity contribution is -0.144. The highest BCUT2D eigenvalue weighted by molar-refractivity contribution is 6.32. The van der Waals surface area contributed by atoms with Gasteiger partial charge in [-0.3, -0.25) is 9.59 Å². The van der Waals surface area contributed by atoms with Gasteiger partial charge in [0.05, 0.1) is 18.1 Å². The zero-order valence-corrected chi connectivity index (χ0v) is 11.2. The molecule has 0 spiro atoms. The van der Waals surface area contributed by atoms with E-state index in [1.807, 2.05) is 0 Å². The summed E-state index contributed by atoms with van der Waals surface area (Å²) in [4.78, 5) is 22.5. The molecule has 1 aromatic carbocycles. The summed E-state index contributed by atoms with van der Waals surface area (Å²) in [6, 6.07) is 3.63. The zero-order chi connectivity index (χ0) is 14.3. The number of benzene rings is 1. The SMILES string of the molecule is CCOC(=O)CCC(=O)COc1cc(F)ccc1Cl. The number of halogens is 2. The Kier molecular flexibility index (Phi) is 6.29. The van der Waals surface area contributed by atoms with Crippen molar-refractivity contribution in [2.45, 2.75) is 19.8 Å². The number of esters is 1. The van der Waals surface area contributed by atoms with Crippen molar-refractivity contribution in [2.75, 3.05) is 13.2 Å². The number of Topliss-reactive ketones (excluding diaryl/α,β-unsaturated/α-hetero) is 1. The minimum atomic E-state index is -0.502. The molecular formula is C13H14ClFO4. The van der Waals surface area contributed by atoms with Gasteiger partial charge >= 0.3 is 5.97 Å². The van der Waals surface area contributed by atoms with E-state index in [0.29, 0.717) is 0 Å². The Morgan fingerprint density at radius 1 is 1.32 bits per heavy atom. The highest BCUT2D eigenvalue weighted by atomic mass is 35.5. The number of carbonyl (C=O) groups is 2. The van der Waals surface area contributed by atoms with Crippen LogP contribution in [0.25, 0.3) is 0 Å². The van der Waals surface area contributed by atoms with Crippen LogP contribution in [0.2, 0.25) is 5.02 Å². The average molecular weight is 289 g/mol. The molecule has 0 heterocycles. The summed E-state index contributed by atoms with van der Waals surface area (Å²) in [7, 11) is 0. The van der Waals surface area contributed by atoms with Gasteiger partial charge in [-0.1, -0.05) is 11.6 Å². The van der Waals surface area contributed by atoms with E-state index in [-0.39, 0.29) is 42.6 Å². The van der Waals surface area contributed by atoms with Gasteiger partial charge in [0.15, 0.2) is 5.78 Å². The molecule has 1 aromatic rings. The van der Waals surface area contributed by atoms with Crippen LogP contribution in [0.15, 0.2) is 18.2 Å². The summed E-state index contributed by atoms with van der Waals surface area (Å²) in [5, 5.41) is 0.222. The number of carbonyl (C=O) groups excluding carboxylic acids is 2. The molecule has 0 saturated carbocycles.